The largest absolute Gasteiger partial charge is 0.478 e. The third-order valence-corrected chi connectivity index (χ3v) is 5.24. The normalized spacial score (nSPS) is 11.0. The summed E-state index contributed by atoms with van der Waals surface area (Å²) in [6.45, 7) is 0. The summed E-state index contributed by atoms with van der Waals surface area (Å²) in [7, 11) is 0. The second kappa shape index (κ2) is 5.57. The number of thiophene rings is 1. The van der Waals surface area contributed by atoms with Crippen LogP contribution in [0.25, 0.3) is 21.5 Å². The van der Waals surface area contributed by atoms with Crippen LogP contribution >= 0.6 is 50.5 Å². The van der Waals surface area contributed by atoms with Crippen LogP contribution in [0.5, 0.6) is 0 Å². The van der Waals surface area contributed by atoms with Crippen molar-refractivity contribution in [3.63, 3.8) is 0 Å². The predicted octanol–water partition coefficient (Wildman–Crippen LogP) is 5.73. The van der Waals surface area contributed by atoms with Crippen LogP contribution in [0.2, 0.25) is 10.0 Å². The molecule has 1 N–H and O–H groups in total. The van der Waals surface area contributed by atoms with Crippen molar-refractivity contribution in [3.05, 3.63) is 49.7 Å². The van der Waals surface area contributed by atoms with E-state index in [1.807, 2.05) is 11.4 Å². The zero-order chi connectivity index (χ0) is 15.1. The third-order valence-electron chi connectivity index (χ3n) is 2.91. The van der Waals surface area contributed by atoms with Crippen molar-refractivity contribution in [2.45, 2.75) is 0 Å². The standard InChI is InChI=1S/C14H6BrCl2NO2S/c15-6-3-11(21-5-6)10-4-7(14(19)20)12-8(16)1-2-9(17)13(12)18-10/h1-5H,(H,19,20). The van der Waals surface area contributed by atoms with Gasteiger partial charge in [0.05, 0.1) is 31.7 Å². The maximum atomic E-state index is 11.5. The van der Waals surface area contributed by atoms with Crippen molar-refractivity contribution in [3.8, 4) is 10.6 Å². The Morgan fingerprint density at radius 2 is 1.95 bits per heavy atom. The van der Waals surface area contributed by atoms with Gasteiger partial charge in [-0.1, -0.05) is 23.2 Å². The van der Waals surface area contributed by atoms with Crippen LogP contribution in [0.1, 0.15) is 10.4 Å². The number of aromatic nitrogens is 1. The molecular formula is C14H6BrCl2NO2S. The predicted molar refractivity (Wildman–Crippen MR) is 89.7 cm³/mol. The summed E-state index contributed by atoms with van der Waals surface area (Å²) >= 11 is 17.1. The number of rotatable bonds is 2. The van der Waals surface area contributed by atoms with Crippen LogP contribution < -0.4 is 0 Å². The number of carboxylic acid groups (broad SMARTS) is 1. The Morgan fingerprint density at radius 1 is 1.24 bits per heavy atom. The summed E-state index contributed by atoms with van der Waals surface area (Å²) < 4.78 is 0.915. The van der Waals surface area contributed by atoms with Gasteiger partial charge >= 0.3 is 5.97 Å². The SMILES string of the molecule is O=C(O)c1cc(-c2cc(Br)cs2)nc2c(Cl)ccc(Cl)c12. The highest BCUT2D eigenvalue weighted by atomic mass is 79.9. The van der Waals surface area contributed by atoms with Gasteiger partial charge in [-0.3, -0.25) is 0 Å². The topological polar surface area (TPSA) is 50.2 Å². The van der Waals surface area contributed by atoms with Crippen LogP contribution in [0, 0.1) is 0 Å². The van der Waals surface area contributed by atoms with E-state index < -0.39 is 5.97 Å². The van der Waals surface area contributed by atoms with Gasteiger partial charge in [-0.05, 0) is 40.2 Å². The molecule has 0 amide bonds. The molecule has 1 aromatic carbocycles. The Bertz CT molecular complexity index is 879. The molecule has 0 aliphatic rings. The summed E-state index contributed by atoms with van der Waals surface area (Å²) in [5.74, 6) is -1.07. The molecule has 3 nitrogen and oxygen atoms in total. The molecule has 7 heteroatoms. The van der Waals surface area contributed by atoms with Gasteiger partial charge in [-0.25, -0.2) is 9.78 Å². The van der Waals surface area contributed by atoms with Crippen LogP contribution in [0.15, 0.2) is 34.1 Å². The minimum atomic E-state index is -1.07. The van der Waals surface area contributed by atoms with Gasteiger partial charge in [0.1, 0.15) is 0 Å². The maximum Gasteiger partial charge on any atom is 0.336 e. The first-order chi connectivity index (χ1) is 9.97. The molecule has 21 heavy (non-hydrogen) atoms. The number of carbonyl (C=O) groups is 1. The number of halogens is 3. The van der Waals surface area contributed by atoms with Gasteiger partial charge in [0, 0.05) is 15.2 Å². The number of carboxylic acids is 1. The molecule has 106 valence electrons. The van der Waals surface area contributed by atoms with E-state index >= 15 is 0 Å². The number of benzene rings is 1. The van der Waals surface area contributed by atoms with Gasteiger partial charge < -0.3 is 5.11 Å². The highest BCUT2D eigenvalue weighted by molar-refractivity contribution is 9.10. The van der Waals surface area contributed by atoms with Crippen molar-refractivity contribution in [1.29, 1.82) is 0 Å². The number of aromatic carboxylic acids is 1. The molecular weight excluding hydrogens is 397 g/mol. The van der Waals surface area contributed by atoms with Gasteiger partial charge in [0.25, 0.3) is 0 Å². The lowest BCUT2D eigenvalue weighted by Gasteiger charge is -2.08. The molecule has 0 aliphatic carbocycles. The Balaban J connectivity index is 2.40. The van der Waals surface area contributed by atoms with Gasteiger partial charge in [0.15, 0.2) is 0 Å². The molecule has 0 aliphatic heterocycles. The van der Waals surface area contributed by atoms with Crippen molar-refractivity contribution < 1.29 is 9.90 Å². The first-order valence-electron chi connectivity index (χ1n) is 5.74. The van der Waals surface area contributed by atoms with E-state index in [0.29, 0.717) is 26.6 Å². The van der Waals surface area contributed by atoms with E-state index in [-0.39, 0.29) is 5.56 Å². The molecule has 0 bridgehead atoms. The van der Waals surface area contributed by atoms with Gasteiger partial charge in [-0.15, -0.1) is 11.3 Å². The zero-order valence-electron chi connectivity index (χ0n) is 10.2. The van der Waals surface area contributed by atoms with Crippen molar-refractivity contribution >= 4 is 67.3 Å². The Morgan fingerprint density at radius 3 is 2.57 bits per heavy atom. The van der Waals surface area contributed by atoms with E-state index in [0.717, 1.165) is 9.35 Å². The van der Waals surface area contributed by atoms with E-state index in [1.165, 1.54) is 17.4 Å². The smallest absolute Gasteiger partial charge is 0.336 e. The number of nitrogens with zero attached hydrogens (tertiary/aromatic N) is 1. The van der Waals surface area contributed by atoms with Crippen molar-refractivity contribution in [2.24, 2.45) is 0 Å². The molecule has 0 unspecified atom stereocenters. The Kier molecular flexibility index (Phi) is 3.92. The molecule has 0 saturated carbocycles. The quantitative estimate of drug-likeness (QED) is 0.595. The summed E-state index contributed by atoms with van der Waals surface area (Å²) in [4.78, 5) is 16.9. The second-order valence-electron chi connectivity index (χ2n) is 4.24. The average molecular weight is 403 g/mol. The molecule has 0 radical (unpaired) electrons. The summed E-state index contributed by atoms with van der Waals surface area (Å²) in [5.41, 5.74) is 1.04. The van der Waals surface area contributed by atoms with Gasteiger partial charge in [0.2, 0.25) is 0 Å². The lowest BCUT2D eigenvalue weighted by Crippen LogP contribution is -2.00. The van der Waals surface area contributed by atoms with Crippen LogP contribution in [-0.4, -0.2) is 16.1 Å². The summed E-state index contributed by atoms with van der Waals surface area (Å²) in [6.07, 6.45) is 0. The highest BCUT2D eigenvalue weighted by Crippen LogP contribution is 2.36. The highest BCUT2D eigenvalue weighted by Gasteiger charge is 2.18. The molecule has 3 aromatic rings. The van der Waals surface area contributed by atoms with E-state index in [4.69, 9.17) is 23.2 Å². The van der Waals surface area contributed by atoms with E-state index in [9.17, 15) is 9.90 Å². The van der Waals surface area contributed by atoms with Crippen LogP contribution in [0.4, 0.5) is 0 Å². The van der Waals surface area contributed by atoms with Crippen LogP contribution in [0.3, 0.4) is 0 Å². The lowest BCUT2D eigenvalue weighted by atomic mass is 10.1. The molecule has 3 rings (SSSR count). The second-order valence-corrected chi connectivity index (χ2v) is 6.88. The minimum absolute atomic E-state index is 0.0898. The van der Waals surface area contributed by atoms with Crippen molar-refractivity contribution in [1.82, 2.24) is 4.98 Å². The number of fused-ring (bicyclic) bond motifs is 1. The molecule has 2 aromatic heterocycles. The van der Waals surface area contributed by atoms with Gasteiger partial charge in [-0.2, -0.15) is 0 Å². The van der Waals surface area contributed by atoms with E-state index in [2.05, 4.69) is 20.9 Å². The summed E-state index contributed by atoms with van der Waals surface area (Å²) in [6, 6.07) is 6.58. The van der Waals surface area contributed by atoms with E-state index in [1.54, 1.807) is 12.1 Å². The average Bonchev–Trinajstić information content (AvgIpc) is 2.88. The zero-order valence-corrected chi connectivity index (χ0v) is 14.1. The molecule has 0 spiro atoms. The van der Waals surface area contributed by atoms with Crippen LogP contribution in [-0.2, 0) is 0 Å². The molecule has 2 heterocycles. The monoisotopic (exact) mass is 401 g/mol. The molecule has 0 atom stereocenters. The molecule has 0 fully saturated rings. The maximum absolute atomic E-state index is 11.5. The Labute approximate surface area is 142 Å². The number of pyridine rings is 1. The first-order valence-corrected chi connectivity index (χ1v) is 8.16. The fourth-order valence-electron chi connectivity index (χ4n) is 2.01. The Hall–Kier alpha value is -1.14. The number of hydrogen-bond acceptors (Lipinski definition) is 3. The third kappa shape index (κ3) is 2.66. The first kappa shape index (κ1) is 14.8. The summed E-state index contributed by atoms with van der Waals surface area (Å²) in [5, 5.41) is 12.4. The number of hydrogen-bond donors (Lipinski definition) is 1. The fraction of sp³-hybridized carbons (Fsp3) is 0. The fourth-order valence-corrected chi connectivity index (χ4v) is 3.85. The lowest BCUT2D eigenvalue weighted by molar-refractivity contribution is 0.0699. The molecule has 0 saturated heterocycles. The van der Waals surface area contributed by atoms with Crippen molar-refractivity contribution in [2.75, 3.05) is 0 Å². The minimum Gasteiger partial charge on any atom is -0.478 e.